The molecule has 2 N–H and O–H groups in total. The van der Waals surface area contributed by atoms with Crippen LogP contribution in [-0.2, 0) is 9.59 Å². The summed E-state index contributed by atoms with van der Waals surface area (Å²) < 4.78 is 11.0. The number of para-hydroxylation sites is 1. The molecule has 0 aromatic heterocycles. The second-order valence-electron chi connectivity index (χ2n) is 7.98. The molecule has 152 valence electrons. The smallest absolute Gasteiger partial charge is 0.228 e. The molecule has 4 rings (SSSR count). The molecule has 2 amide bonds. The van der Waals surface area contributed by atoms with Crippen LogP contribution in [0.5, 0.6) is 11.5 Å². The van der Waals surface area contributed by atoms with Gasteiger partial charge in [0.15, 0.2) is 11.5 Å². The summed E-state index contributed by atoms with van der Waals surface area (Å²) in [5.74, 6) is 0.761. The number of aryl methyl sites for hydroxylation is 1. The SMILES string of the molecule is Cc1cccc(C(C)C)c1NC(=O)C1CC1C(=O)Nc1ccc2c(c1)OCCO2. The first kappa shape index (κ1) is 19.3. The van der Waals surface area contributed by atoms with Gasteiger partial charge in [0.25, 0.3) is 0 Å². The highest BCUT2D eigenvalue weighted by molar-refractivity contribution is 6.03. The van der Waals surface area contributed by atoms with Gasteiger partial charge in [0.1, 0.15) is 13.2 Å². The van der Waals surface area contributed by atoms with Gasteiger partial charge in [-0.1, -0.05) is 32.0 Å². The maximum absolute atomic E-state index is 12.7. The molecule has 6 nitrogen and oxygen atoms in total. The maximum atomic E-state index is 12.7. The van der Waals surface area contributed by atoms with Gasteiger partial charge >= 0.3 is 0 Å². The molecule has 2 atom stereocenters. The van der Waals surface area contributed by atoms with Crippen LogP contribution in [0.15, 0.2) is 36.4 Å². The van der Waals surface area contributed by atoms with E-state index >= 15 is 0 Å². The Kier molecular flexibility index (Phi) is 5.18. The molecule has 0 saturated heterocycles. The van der Waals surface area contributed by atoms with Crippen LogP contribution in [0.4, 0.5) is 11.4 Å². The maximum Gasteiger partial charge on any atom is 0.228 e. The van der Waals surface area contributed by atoms with E-state index in [2.05, 4.69) is 24.5 Å². The minimum absolute atomic E-state index is 0.0940. The van der Waals surface area contributed by atoms with Gasteiger partial charge < -0.3 is 20.1 Å². The number of nitrogens with one attached hydrogen (secondary N) is 2. The normalized spacial score (nSPS) is 19.6. The number of carbonyl (C=O) groups excluding carboxylic acids is 2. The van der Waals surface area contributed by atoms with Crippen LogP contribution in [0.25, 0.3) is 0 Å². The van der Waals surface area contributed by atoms with E-state index in [4.69, 9.17) is 9.47 Å². The fourth-order valence-corrected chi connectivity index (χ4v) is 3.69. The number of anilines is 2. The summed E-state index contributed by atoms with van der Waals surface area (Å²) in [6.07, 6.45) is 0.561. The molecule has 0 radical (unpaired) electrons. The quantitative estimate of drug-likeness (QED) is 0.800. The Labute approximate surface area is 170 Å². The van der Waals surface area contributed by atoms with Gasteiger partial charge in [-0.3, -0.25) is 9.59 Å². The highest BCUT2D eigenvalue weighted by atomic mass is 16.6. The highest BCUT2D eigenvalue weighted by Gasteiger charge is 2.48. The van der Waals surface area contributed by atoms with Crippen LogP contribution in [0.3, 0.4) is 0 Å². The zero-order valence-electron chi connectivity index (χ0n) is 17.0. The van der Waals surface area contributed by atoms with Crippen molar-refractivity contribution in [2.45, 2.75) is 33.1 Å². The van der Waals surface area contributed by atoms with E-state index in [1.165, 1.54) is 0 Å². The summed E-state index contributed by atoms with van der Waals surface area (Å²) in [5.41, 5.74) is 3.65. The van der Waals surface area contributed by atoms with Gasteiger partial charge in [-0.15, -0.1) is 0 Å². The van der Waals surface area contributed by atoms with Crippen LogP contribution >= 0.6 is 0 Å². The molecule has 6 heteroatoms. The second-order valence-corrected chi connectivity index (χ2v) is 7.98. The molecule has 29 heavy (non-hydrogen) atoms. The van der Waals surface area contributed by atoms with Crippen LogP contribution < -0.4 is 20.1 Å². The Balaban J connectivity index is 1.38. The summed E-state index contributed by atoms with van der Waals surface area (Å²) in [7, 11) is 0. The standard InChI is InChI=1S/C23H26N2O4/c1-13(2)16-6-4-5-14(3)21(16)25-23(27)18-12-17(18)22(26)24-15-7-8-19-20(11-15)29-10-9-28-19/h4-8,11,13,17-18H,9-10,12H2,1-3H3,(H,24,26)(H,25,27). The number of carbonyl (C=O) groups is 2. The molecule has 0 bridgehead atoms. The van der Waals surface area contributed by atoms with Crippen molar-refractivity contribution in [3.63, 3.8) is 0 Å². The fraction of sp³-hybridized carbons (Fsp3) is 0.391. The van der Waals surface area contributed by atoms with E-state index in [9.17, 15) is 9.59 Å². The molecule has 1 heterocycles. The van der Waals surface area contributed by atoms with Gasteiger partial charge in [0.2, 0.25) is 11.8 Å². The molecule has 2 aliphatic rings. The van der Waals surface area contributed by atoms with Gasteiger partial charge in [0.05, 0.1) is 11.8 Å². The van der Waals surface area contributed by atoms with Crippen molar-refractivity contribution >= 4 is 23.2 Å². The highest BCUT2D eigenvalue weighted by Crippen LogP contribution is 2.41. The van der Waals surface area contributed by atoms with Crippen LogP contribution in [-0.4, -0.2) is 25.0 Å². The zero-order chi connectivity index (χ0) is 20.5. The average molecular weight is 394 g/mol. The summed E-state index contributed by atoms with van der Waals surface area (Å²) >= 11 is 0. The number of amides is 2. The summed E-state index contributed by atoms with van der Waals surface area (Å²) in [6.45, 7) is 7.21. The second kappa shape index (κ2) is 7.78. The number of hydrogen-bond acceptors (Lipinski definition) is 4. The topological polar surface area (TPSA) is 76.7 Å². The number of fused-ring (bicyclic) bond motifs is 1. The van der Waals surface area contributed by atoms with Crippen molar-refractivity contribution in [1.82, 2.24) is 0 Å². The third-order valence-corrected chi connectivity index (χ3v) is 5.45. The first-order valence-electron chi connectivity index (χ1n) is 10.0. The molecule has 1 saturated carbocycles. The molecule has 2 unspecified atom stereocenters. The van der Waals surface area contributed by atoms with Crippen molar-refractivity contribution < 1.29 is 19.1 Å². The van der Waals surface area contributed by atoms with Crippen LogP contribution in [0, 0.1) is 18.8 Å². The molecule has 0 spiro atoms. The first-order valence-corrected chi connectivity index (χ1v) is 10.0. The van der Waals surface area contributed by atoms with E-state index < -0.39 is 0 Å². The predicted octanol–water partition coefficient (Wildman–Crippen LogP) is 4.10. The minimum Gasteiger partial charge on any atom is -0.486 e. The van der Waals surface area contributed by atoms with E-state index in [1.54, 1.807) is 18.2 Å². The monoisotopic (exact) mass is 394 g/mol. The van der Waals surface area contributed by atoms with Crippen molar-refractivity contribution in [2.24, 2.45) is 11.8 Å². The molecule has 1 aliphatic carbocycles. The van der Waals surface area contributed by atoms with Gasteiger partial charge in [0, 0.05) is 17.4 Å². The molecule has 2 aromatic rings. The van der Waals surface area contributed by atoms with E-state index in [0.29, 0.717) is 42.7 Å². The lowest BCUT2D eigenvalue weighted by atomic mass is 9.98. The van der Waals surface area contributed by atoms with E-state index in [1.807, 2.05) is 25.1 Å². The summed E-state index contributed by atoms with van der Waals surface area (Å²) in [4.78, 5) is 25.3. The molecule has 1 fully saturated rings. The fourth-order valence-electron chi connectivity index (χ4n) is 3.69. The molecular formula is C23H26N2O4. The third kappa shape index (κ3) is 4.06. The van der Waals surface area contributed by atoms with Gasteiger partial charge in [-0.05, 0) is 42.5 Å². The van der Waals surface area contributed by atoms with E-state index in [-0.39, 0.29) is 23.7 Å². The van der Waals surface area contributed by atoms with Crippen LogP contribution in [0.1, 0.15) is 37.3 Å². The first-order chi connectivity index (χ1) is 13.9. The Hall–Kier alpha value is -3.02. The van der Waals surface area contributed by atoms with Crippen molar-refractivity contribution in [3.8, 4) is 11.5 Å². The molecule has 2 aromatic carbocycles. The number of ether oxygens (including phenoxy) is 2. The Bertz CT molecular complexity index is 954. The molecular weight excluding hydrogens is 368 g/mol. The number of rotatable bonds is 5. The largest absolute Gasteiger partial charge is 0.486 e. The van der Waals surface area contributed by atoms with Crippen molar-refractivity contribution in [1.29, 1.82) is 0 Å². The lowest BCUT2D eigenvalue weighted by molar-refractivity contribution is -0.122. The van der Waals surface area contributed by atoms with Crippen molar-refractivity contribution in [3.05, 3.63) is 47.5 Å². The number of hydrogen-bond donors (Lipinski definition) is 2. The Morgan fingerprint density at radius 1 is 0.966 bits per heavy atom. The Morgan fingerprint density at radius 3 is 2.38 bits per heavy atom. The lowest BCUT2D eigenvalue weighted by Crippen LogP contribution is -2.22. The van der Waals surface area contributed by atoms with Crippen LogP contribution in [0.2, 0.25) is 0 Å². The predicted molar refractivity (Wildman–Crippen MR) is 112 cm³/mol. The summed E-state index contributed by atoms with van der Waals surface area (Å²) in [5, 5.41) is 5.95. The average Bonchev–Trinajstić information content (AvgIpc) is 3.50. The van der Waals surface area contributed by atoms with Crippen molar-refractivity contribution in [2.75, 3.05) is 23.8 Å². The molecule has 1 aliphatic heterocycles. The van der Waals surface area contributed by atoms with Gasteiger partial charge in [-0.25, -0.2) is 0 Å². The summed E-state index contributed by atoms with van der Waals surface area (Å²) in [6, 6.07) is 11.3. The Morgan fingerprint density at radius 2 is 1.66 bits per heavy atom. The minimum atomic E-state index is -0.310. The van der Waals surface area contributed by atoms with Gasteiger partial charge in [-0.2, -0.15) is 0 Å². The number of benzene rings is 2. The van der Waals surface area contributed by atoms with E-state index in [0.717, 1.165) is 16.8 Å². The lowest BCUT2D eigenvalue weighted by Gasteiger charge is -2.19. The third-order valence-electron chi connectivity index (χ3n) is 5.45. The zero-order valence-corrected chi connectivity index (χ0v) is 17.0.